The molecule has 546 valence electrons. The Balaban J connectivity index is 0.000000115. The molecule has 21 rings (SSSR count). The van der Waals surface area contributed by atoms with E-state index >= 15 is 0 Å². The highest BCUT2D eigenvalue weighted by Crippen LogP contribution is 2.64. The Hall–Kier alpha value is -13.2. The van der Waals surface area contributed by atoms with Crippen molar-refractivity contribution in [3.63, 3.8) is 0 Å². The summed E-state index contributed by atoms with van der Waals surface area (Å²) in [5.74, 6) is 0. The van der Waals surface area contributed by atoms with Crippen molar-refractivity contribution >= 4 is 0 Å². The number of rotatable bonds is 9. The lowest BCUT2D eigenvalue weighted by Gasteiger charge is -2.40. The van der Waals surface area contributed by atoms with Crippen molar-refractivity contribution in [3.8, 4) is 33.4 Å². The molecule has 6 aliphatic rings. The third-order valence-corrected chi connectivity index (χ3v) is 25.4. The largest absolute Gasteiger partial charge is 0.312 e. The molecule has 0 heterocycles. The van der Waals surface area contributed by atoms with Crippen LogP contribution in [-0.2, 0) is 74.4 Å². The van der Waals surface area contributed by atoms with E-state index in [1.807, 2.05) is 0 Å². The van der Waals surface area contributed by atoms with Gasteiger partial charge in [0, 0.05) is 16.7 Å². The van der Waals surface area contributed by atoms with Gasteiger partial charge in [-0.3, -0.25) is 0 Å². The fourth-order valence-electron chi connectivity index (χ4n) is 21.6. The number of nitrogens with zero attached hydrogens (tertiary/aromatic N) is 3. The topological polar surface area (TPSA) is 13.1 Å². The Morgan fingerprint density at radius 1 is 0.219 bits per heavy atom. The minimum absolute atomic E-state index is 0.342. The van der Waals surface area contributed by atoms with E-state index in [0.717, 1.165) is 55.2 Å². The van der Waals surface area contributed by atoms with Crippen molar-refractivity contribution in [2.24, 2.45) is 0 Å². The average Bonchev–Trinajstić information content (AvgIpc) is 1.52. The summed E-state index contributed by atoms with van der Waals surface area (Å²) in [6.45, 7) is 37.1. The molecule has 15 aromatic carbocycles. The van der Waals surface area contributed by atoms with Crippen LogP contribution in [0.2, 0.25) is 0 Å². The van der Waals surface area contributed by atoms with Gasteiger partial charge in [0.1, 0.15) is 0 Å². The zero-order valence-electron chi connectivity index (χ0n) is 65.7. The Morgan fingerprint density at radius 2 is 0.500 bits per heavy atom. The zero-order chi connectivity index (χ0) is 77.6. The van der Waals surface area contributed by atoms with E-state index in [2.05, 4.69) is 365 Å². The first-order valence-corrected chi connectivity index (χ1v) is 40.3. The highest BCUT2D eigenvalue weighted by molar-refractivity contribution is 5.93. The summed E-state index contributed by atoms with van der Waals surface area (Å²) in [6.07, 6.45) is 5.57. The second-order valence-corrected chi connectivity index (χ2v) is 32.9. The van der Waals surface area contributed by atoms with Crippen LogP contribution < -0.4 is 0 Å². The molecule has 114 heavy (non-hydrogen) atoms. The van der Waals surface area contributed by atoms with Gasteiger partial charge in [0.2, 0.25) is 19.6 Å². The molecule has 0 aliphatic heterocycles. The SMILES string of the molecule is [C-]#[N+]Cc1ccc2c(c1)-c1cc(Cc3cc(C)cc(C)c3)ccc1C21c2ccccc2Cc2ccccc21.[C-]#[N+]Cc1cccc2c1-c1cc(Cc3cc(C)cc(C)c3)ccc1C21c2ccccc2Cc2ccccc21.[C-]#[N+]Cc1cccc2c1-c1ccc(Cc3cc(C)cc(C)c3)cc1C21c2ccccc2Cc2ccccc21. The molecule has 0 N–H and O–H groups in total. The molecule has 0 radical (unpaired) electrons. The molecule has 0 atom stereocenters. The maximum atomic E-state index is 7.71. The second kappa shape index (κ2) is 28.5. The number of aryl methyl sites for hydroxylation is 6. The van der Waals surface area contributed by atoms with Gasteiger partial charge in [-0.15, -0.1) is 0 Å². The molecule has 6 aliphatic carbocycles. The van der Waals surface area contributed by atoms with Gasteiger partial charge in [0.15, 0.2) is 0 Å². The molecule has 0 fully saturated rings. The third kappa shape index (κ3) is 11.6. The van der Waals surface area contributed by atoms with E-state index in [0.29, 0.717) is 19.6 Å². The fourth-order valence-corrected chi connectivity index (χ4v) is 21.6. The van der Waals surface area contributed by atoms with Gasteiger partial charge >= 0.3 is 0 Å². The van der Waals surface area contributed by atoms with Crippen molar-refractivity contribution in [3.05, 3.63) is 527 Å². The molecule has 15 aromatic rings. The maximum absolute atomic E-state index is 7.71. The summed E-state index contributed by atoms with van der Waals surface area (Å²) >= 11 is 0. The van der Waals surface area contributed by atoms with Crippen LogP contribution in [0.25, 0.3) is 47.9 Å². The maximum Gasteiger partial charge on any atom is 0.240 e. The normalized spacial score (nSPS) is 13.8. The zero-order valence-corrected chi connectivity index (χ0v) is 65.7. The van der Waals surface area contributed by atoms with Crippen LogP contribution in [0.3, 0.4) is 0 Å². The van der Waals surface area contributed by atoms with Gasteiger partial charge in [-0.2, -0.15) is 0 Å². The molecule has 3 spiro atoms. The monoisotopic (exact) mass is 1460 g/mol. The first-order valence-electron chi connectivity index (χ1n) is 40.3. The highest BCUT2D eigenvalue weighted by Gasteiger charge is 2.54. The van der Waals surface area contributed by atoms with Gasteiger partial charge in [0.25, 0.3) is 0 Å². The van der Waals surface area contributed by atoms with Gasteiger partial charge in [0.05, 0.1) is 16.2 Å². The van der Waals surface area contributed by atoms with Crippen LogP contribution in [0, 0.1) is 61.3 Å². The Bertz CT molecular complexity index is 6410. The minimum atomic E-state index is -0.382. The van der Waals surface area contributed by atoms with E-state index in [1.165, 1.54) is 200 Å². The highest BCUT2D eigenvalue weighted by atomic mass is 14.6. The molecule has 0 amide bonds. The lowest BCUT2D eigenvalue weighted by Crippen LogP contribution is -2.34. The van der Waals surface area contributed by atoms with Gasteiger partial charge in [-0.05, 0) is 253 Å². The number of fused-ring (bicyclic) bond motifs is 27. The van der Waals surface area contributed by atoms with E-state index in [-0.39, 0.29) is 16.2 Å². The van der Waals surface area contributed by atoms with Crippen LogP contribution in [-0.4, -0.2) is 0 Å². The van der Waals surface area contributed by atoms with Crippen LogP contribution in [0.15, 0.2) is 309 Å². The summed E-state index contributed by atoms with van der Waals surface area (Å²) in [6, 6.07) is 116. The van der Waals surface area contributed by atoms with Crippen molar-refractivity contribution in [2.45, 2.75) is 116 Å². The van der Waals surface area contributed by atoms with Gasteiger partial charge in [-0.1, -0.05) is 337 Å². The minimum Gasteiger partial charge on any atom is -0.312 e. The van der Waals surface area contributed by atoms with E-state index < -0.39 is 0 Å². The molecule has 0 unspecified atom stereocenters. The van der Waals surface area contributed by atoms with E-state index in [1.54, 1.807) is 0 Å². The summed E-state index contributed by atoms with van der Waals surface area (Å²) in [7, 11) is 0. The van der Waals surface area contributed by atoms with E-state index in [4.69, 9.17) is 19.7 Å². The lowest BCUT2D eigenvalue weighted by atomic mass is 9.61. The number of hydrogen-bond donors (Lipinski definition) is 0. The Labute approximate surface area is 672 Å². The molecule has 0 bridgehead atoms. The van der Waals surface area contributed by atoms with Crippen molar-refractivity contribution in [2.75, 3.05) is 0 Å². The quantitative estimate of drug-likeness (QED) is 0.128. The second-order valence-electron chi connectivity index (χ2n) is 32.9. The van der Waals surface area contributed by atoms with E-state index in [9.17, 15) is 0 Å². The Kier molecular flexibility index (Phi) is 17.8. The first-order chi connectivity index (χ1) is 55.8. The Morgan fingerprint density at radius 3 is 0.868 bits per heavy atom. The van der Waals surface area contributed by atoms with Crippen LogP contribution in [0.5, 0.6) is 0 Å². The molecule has 0 saturated heterocycles. The molecule has 0 aromatic heterocycles. The van der Waals surface area contributed by atoms with Crippen molar-refractivity contribution in [1.29, 1.82) is 0 Å². The lowest BCUT2D eigenvalue weighted by molar-refractivity contribution is 0.720. The number of benzene rings is 15. The number of hydrogen-bond acceptors (Lipinski definition) is 0. The van der Waals surface area contributed by atoms with Crippen LogP contribution >= 0.6 is 0 Å². The third-order valence-electron chi connectivity index (χ3n) is 25.4. The fraction of sp³-hybridized carbons (Fsp3) is 0.162. The summed E-state index contributed by atoms with van der Waals surface area (Å²) in [4.78, 5) is 11.4. The molecular weight excluding hydrogens is 1380 g/mol. The first kappa shape index (κ1) is 71.1. The van der Waals surface area contributed by atoms with Gasteiger partial charge in [-0.25, -0.2) is 19.7 Å². The average molecular weight is 1460 g/mol. The molecule has 3 heteroatoms. The standard InChI is InChI=1S/3C37H29N/c1-24-17-25(2)19-27(18-24)20-26-15-16-34-31(21-26)36-30(23-38-3)11-8-14-35(36)37(34)32-12-6-4-9-28(32)22-29-10-5-7-13-33(29)37;1-24-17-25(2)19-27(18-24)20-26-15-16-31-35(21-26)37(34-14-8-11-30(23-38-3)36(31)34)32-12-6-4-9-28(32)22-29-10-5-7-13-33(29)37;1-24-16-25(2)18-28(17-24)19-26-12-14-35-31(20-26)32-21-27(23-38-3)13-15-36(32)37(35)33-10-6-4-8-29(33)22-30-9-5-7-11-34(30)37/h2*4-19,21H,20,22-23H2,1-2H3;4-18,20-21H,19,22-23H2,1-2H3. The summed E-state index contributed by atoms with van der Waals surface area (Å²) < 4.78 is 0. The van der Waals surface area contributed by atoms with Crippen LogP contribution in [0.4, 0.5) is 0 Å². The van der Waals surface area contributed by atoms with Crippen LogP contribution in [0.1, 0.15) is 184 Å². The van der Waals surface area contributed by atoms with Crippen molar-refractivity contribution in [1.82, 2.24) is 0 Å². The summed E-state index contributed by atoms with van der Waals surface area (Å²) in [5, 5.41) is 0. The van der Waals surface area contributed by atoms with Gasteiger partial charge < -0.3 is 14.5 Å². The predicted octanol–water partition coefficient (Wildman–Crippen LogP) is 25.7. The molecular formula is C111H87N3. The summed E-state index contributed by atoms with van der Waals surface area (Å²) in [5.41, 5.74) is 50.4. The predicted molar refractivity (Wildman–Crippen MR) is 467 cm³/mol. The van der Waals surface area contributed by atoms with Crippen molar-refractivity contribution < 1.29 is 0 Å². The smallest absolute Gasteiger partial charge is 0.240 e. The molecule has 3 nitrogen and oxygen atoms in total. The molecule has 0 saturated carbocycles.